The first-order chi connectivity index (χ1) is 9.27. The van der Waals surface area contributed by atoms with Crippen LogP contribution in [0.5, 0.6) is 0 Å². The van der Waals surface area contributed by atoms with E-state index in [0.29, 0.717) is 24.6 Å². The summed E-state index contributed by atoms with van der Waals surface area (Å²) in [4.78, 5) is 23.2. The highest BCUT2D eigenvalue weighted by molar-refractivity contribution is 5.82. The number of aliphatic hydroxyl groups is 1. The van der Waals surface area contributed by atoms with Gasteiger partial charge in [-0.1, -0.05) is 6.92 Å². The maximum absolute atomic E-state index is 11.9. The van der Waals surface area contributed by atoms with Crippen LogP contribution in [-0.4, -0.2) is 37.8 Å². The summed E-state index contributed by atoms with van der Waals surface area (Å²) in [5, 5.41) is 11.8. The molecule has 0 aromatic carbocycles. The van der Waals surface area contributed by atoms with E-state index in [0.717, 1.165) is 24.8 Å². The van der Waals surface area contributed by atoms with Crippen LogP contribution in [0.25, 0.3) is 11.2 Å². The van der Waals surface area contributed by atoms with Gasteiger partial charge in [0.25, 0.3) is 0 Å². The lowest BCUT2D eigenvalue weighted by Gasteiger charge is -2.09. The van der Waals surface area contributed by atoms with Gasteiger partial charge in [-0.05, 0) is 19.3 Å². The van der Waals surface area contributed by atoms with E-state index in [1.807, 2.05) is 6.92 Å². The molecule has 0 aliphatic carbocycles. The second kappa shape index (κ2) is 6.33. The molecule has 0 saturated carbocycles. The average molecular weight is 265 g/mol. The molecule has 7 heteroatoms. The van der Waals surface area contributed by atoms with Crippen molar-refractivity contribution in [3.63, 3.8) is 0 Å². The van der Waals surface area contributed by atoms with Crippen LogP contribution in [0.15, 0.2) is 11.1 Å². The maximum Gasteiger partial charge on any atom is 0.351 e. The zero-order valence-corrected chi connectivity index (χ0v) is 11.0. The summed E-state index contributed by atoms with van der Waals surface area (Å²) < 4.78 is 1.57. The summed E-state index contributed by atoms with van der Waals surface area (Å²) in [7, 11) is 0. The van der Waals surface area contributed by atoms with Crippen molar-refractivity contribution in [1.29, 1.82) is 0 Å². The number of aromatic nitrogens is 4. The van der Waals surface area contributed by atoms with Gasteiger partial charge in [0, 0.05) is 19.7 Å². The number of hydrogen-bond donors (Lipinski definition) is 3. The van der Waals surface area contributed by atoms with Gasteiger partial charge >= 0.3 is 5.69 Å². The molecule has 0 aliphatic heterocycles. The standard InChI is InChI=1S/C12H19N5O2/c1-2-6-17-11-9(14-8-15-11)10(16-12(17)19)13-5-3-4-7-18/h8,18H,2-7H2,1H3,(H,14,15)(H,13,16,19). The molecule has 3 N–H and O–H groups in total. The minimum absolute atomic E-state index is 0.173. The number of aryl methyl sites for hydroxylation is 1. The molecule has 7 nitrogen and oxygen atoms in total. The number of anilines is 1. The van der Waals surface area contributed by atoms with Gasteiger partial charge in [0.1, 0.15) is 5.52 Å². The van der Waals surface area contributed by atoms with Gasteiger partial charge in [-0.3, -0.25) is 4.57 Å². The van der Waals surface area contributed by atoms with Gasteiger partial charge in [0.15, 0.2) is 11.5 Å². The maximum atomic E-state index is 11.9. The molecular weight excluding hydrogens is 246 g/mol. The Hall–Kier alpha value is -1.89. The Balaban J connectivity index is 2.27. The summed E-state index contributed by atoms with van der Waals surface area (Å²) >= 11 is 0. The molecule has 0 unspecified atom stereocenters. The first kappa shape index (κ1) is 13.5. The van der Waals surface area contributed by atoms with Crippen LogP contribution in [0.2, 0.25) is 0 Å². The lowest BCUT2D eigenvalue weighted by Crippen LogP contribution is -2.25. The molecule has 19 heavy (non-hydrogen) atoms. The van der Waals surface area contributed by atoms with Crippen LogP contribution in [-0.2, 0) is 6.54 Å². The van der Waals surface area contributed by atoms with Crippen molar-refractivity contribution in [2.75, 3.05) is 18.5 Å². The van der Waals surface area contributed by atoms with E-state index < -0.39 is 0 Å². The number of aliphatic hydroxyl groups excluding tert-OH is 1. The number of imidazole rings is 1. The molecule has 0 aliphatic rings. The highest BCUT2D eigenvalue weighted by Gasteiger charge is 2.11. The highest BCUT2D eigenvalue weighted by atomic mass is 16.2. The number of aromatic amines is 1. The predicted octanol–water partition coefficient (Wildman–Crippen LogP) is 0.714. The quantitative estimate of drug-likeness (QED) is 0.641. The molecule has 0 saturated heterocycles. The fourth-order valence-corrected chi connectivity index (χ4v) is 1.97. The number of rotatable bonds is 7. The van der Waals surface area contributed by atoms with Crippen LogP contribution in [0.4, 0.5) is 5.82 Å². The number of fused-ring (bicyclic) bond motifs is 1. The molecule has 0 amide bonds. The first-order valence-corrected chi connectivity index (χ1v) is 6.56. The number of nitrogens with zero attached hydrogens (tertiary/aromatic N) is 3. The zero-order valence-electron chi connectivity index (χ0n) is 11.0. The van der Waals surface area contributed by atoms with Crippen molar-refractivity contribution in [2.45, 2.75) is 32.7 Å². The molecule has 2 aromatic heterocycles. The van der Waals surface area contributed by atoms with E-state index in [9.17, 15) is 4.79 Å². The third-order valence-electron chi connectivity index (χ3n) is 2.87. The van der Waals surface area contributed by atoms with Crippen LogP contribution < -0.4 is 11.0 Å². The molecule has 2 aromatic rings. The molecule has 0 radical (unpaired) electrons. The van der Waals surface area contributed by atoms with Crippen molar-refractivity contribution in [3.8, 4) is 0 Å². The SMILES string of the molecule is CCCn1c(=O)nc(NCCCCO)c2[nH]cnc21. The zero-order chi connectivity index (χ0) is 13.7. The largest absolute Gasteiger partial charge is 0.396 e. The van der Waals surface area contributed by atoms with Crippen LogP contribution in [0.1, 0.15) is 26.2 Å². The lowest BCUT2D eigenvalue weighted by molar-refractivity contribution is 0.286. The van der Waals surface area contributed by atoms with Gasteiger partial charge in [-0.25, -0.2) is 9.78 Å². The van der Waals surface area contributed by atoms with E-state index >= 15 is 0 Å². The van der Waals surface area contributed by atoms with E-state index in [-0.39, 0.29) is 12.3 Å². The Morgan fingerprint density at radius 3 is 3.05 bits per heavy atom. The summed E-state index contributed by atoms with van der Waals surface area (Å²) in [6, 6.07) is 0. The van der Waals surface area contributed by atoms with E-state index in [1.165, 1.54) is 0 Å². The summed E-state index contributed by atoms with van der Waals surface area (Å²) in [6.07, 6.45) is 3.97. The fraction of sp³-hybridized carbons (Fsp3) is 0.583. The number of nitrogens with one attached hydrogen (secondary N) is 2. The lowest BCUT2D eigenvalue weighted by atomic mass is 10.3. The number of unbranched alkanes of at least 4 members (excludes halogenated alkanes) is 1. The third-order valence-corrected chi connectivity index (χ3v) is 2.87. The van der Waals surface area contributed by atoms with Crippen molar-refractivity contribution >= 4 is 17.0 Å². The Labute approximate surface area is 110 Å². The first-order valence-electron chi connectivity index (χ1n) is 6.56. The van der Waals surface area contributed by atoms with Gasteiger partial charge in [0.05, 0.1) is 6.33 Å². The normalized spacial score (nSPS) is 11.1. The van der Waals surface area contributed by atoms with Crippen LogP contribution >= 0.6 is 0 Å². The molecular formula is C12H19N5O2. The molecule has 2 heterocycles. The van der Waals surface area contributed by atoms with E-state index in [4.69, 9.17) is 5.11 Å². The topological polar surface area (TPSA) is 95.8 Å². The van der Waals surface area contributed by atoms with E-state index in [1.54, 1.807) is 10.9 Å². The highest BCUT2D eigenvalue weighted by Crippen LogP contribution is 2.15. The van der Waals surface area contributed by atoms with Gasteiger partial charge in [0.2, 0.25) is 0 Å². The third kappa shape index (κ3) is 2.93. The Bertz CT molecular complexity index is 589. The van der Waals surface area contributed by atoms with Gasteiger partial charge in [-0.2, -0.15) is 4.98 Å². The Kier molecular flexibility index (Phi) is 4.51. The summed E-state index contributed by atoms with van der Waals surface area (Å²) in [5.41, 5.74) is 1.09. The number of H-pyrrole nitrogens is 1. The van der Waals surface area contributed by atoms with Crippen molar-refractivity contribution in [1.82, 2.24) is 19.5 Å². The second-order valence-corrected chi connectivity index (χ2v) is 4.35. The Morgan fingerprint density at radius 2 is 2.32 bits per heavy atom. The molecule has 0 atom stereocenters. The minimum atomic E-state index is -0.286. The molecule has 104 valence electrons. The van der Waals surface area contributed by atoms with Crippen molar-refractivity contribution < 1.29 is 5.11 Å². The van der Waals surface area contributed by atoms with Gasteiger partial charge in [-0.15, -0.1) is 0 Å². The average Bonchev–Trinajstić information content (AvgIpc) is 2.88. The van der Waals surface area contributed by atoms with Crippen molar-refractivity contribution in [3.05, 3.63) is 16.8 Å². The molecule has 0 fully saturated rings. The van der Waals surface area contributed by atoms with Crippen molar-refractivity contribution in [2.24, 2.45) is 0 Å². The summed E-state index contributed by atoms with van der Waals surface area (Å²) in [5.74, 6) is 0.530. The summed E-state index contributed by atoms with van der Waals surface area (Å²) in [6.45, 7) is 3.45. The van der Waals surface area contributed by atoms with Crippen LogP contribution in [0.3, 0.4) is 0 Å². The number of hydrogen-bond acceptors (Lipinski definition) is 5. The minimum Gasteiger partial charge on any atom is -0.396 e. The Morgan fingerprint density at radius 1 is 1.47 bits per heavy atom. The molecule has 0 spiro atoms. The van der Waals surface area contributed by atoms with E-state index in [2.05, 4.69) is 20.3 Å². The predicted molar refractivity (Wildman–Crippen MR) is 73.2 cm³/mol. The van der Waals surface area contributed by atoms with Crippen LogP contribution in [0, 0.1) is 0 Å². The smallest absolute Gasteiger partial charge is 0.351 e. The monoisotopic (exact) mass is 265 g/mol. The molecule has 2 rings (SSSR count). The van der Waals surface area contributed by atoms with Gasteiger partial charge < -0.3 is 15.4 Å². The second-order valence-electron chi connectivity index (χ2n) is 4.35. The molecule has 0 bridgehead atoms. The fourth-order valence-electron chi connectivity index (χ4n) is 1.97.